The number of anilines is 1. The average molecular weight is 339 g/mol. The van der Waals surface area contributed by atoms with E-state index in [9.17, 15) is 4.79 Å². The number of rotatable bonds is 3. The minimum absolute atomic E-state index is 0.0832. The molecule has 0 aliphatic heterocycles. The fourth-order valence-electron chi connectivity index (χ4n) is 2.33. The number of halogens is 1. The van der Waals surface area contributed by atoms with E-state index in [0.717, 1.165) is 33.9 Å². The van der Waals surface area contributed by atoms with Crippen molar-refractivity contribution in [2.45, 2.75) is 25.8 Å². The fraction of sp³-hybridized carbons (Fsp3) is 0.357. The monoisotopic (exact) mass is 338 g/mol. The van der Waals surface area contributed by atoms with Gasteiger partial charge in [-0.1, -0.05) is 15.9 Å². The summed E-state index contributed by atoms with van der Waals surface area (Å²) in [4.78, 5) is 15.2. The molecule has 0 spiro atoms. The topological polar surface area (TPSA) is 46.3 Å². The fourth-order valence-corrected chi connectivity index (χ4v) is 3.75. The molecule has 1 heterocycles. The first-order chi connectivity index (χ1) is 9.11. The molecule has 0 atom stereocenters. The van der Waals surface area contributed by atoms with E-state index in [-0.39, 0.29) is 5.91 Å². The Morgan fingerprint density at radius 2 is 2.26 bits per heavy atom. The van der Waals surface area contributed by atoms with Crippen molar-refractivity contribution >= 4 is 48.9 Å². The first kappa shape index (κ1) is 12.9. The van der Waals surface area contributed by atoms with E-state index in [0.29, 0.717) is 16.6 Å². The lowest BCUT2D eigenvalue weighted by atomic mass is 10.2. The molecule has 1 amide bonds. The Bertz CT molecular complexity index is 648. The second-order valence-corrected chi connectivity index (χ2v) is 6.78. The van der Waals surface area contributed by atoms with Gasteiger partial charge in [0.1, 0.15) is 4.88 Å². The Labute approximate surface area is 124 Å². The van der Waals surface area contributed by atoms with E-state index in [4.69, 9.17) is 5.73 Å². The molecular formula is C14H15BrN2OS. The molecule has 1 aliphatic rings. The number of thiophene rings is 1. The van der Waals surface area contributed by atoms with Gasteiger partial charge in [-0.25, -0.2) is 0 Å². The van der Waals surface area contributed by atoms with Crippen molar-refractivity contribution < 1.29 is 4.79 Å². The standard InChI is InChI=1S/C14H15BrN2OS/c1-2-17(9-4-5-9)14(18)13-12(16)10-7-8(15)3-6-11(10)19-13/h3,6-7,9H,2,4-5,16H2,1H3. The van der Waals surface area contributed by atoms with E-state index in [2.05, 4.69) is 15.9 Å². The molecule has 1 fully saturated rings. The number of hydrogen-bond acceptors (Lipinski definition) is 3. The van der Waals surface area contributed by atoms with Crippen LogP contribution < -0.4 is 5.73 Å². The van der Waals surface area contributed by atoms with Crippen LogP contribution in [-0.4, -0.2) is 23.4 Å². The van der Waals surface area contributed by atoms with Crippen LogP contribution in [0.2, 0.25) is 0 Å². The number of nitrogen functional groups attached to an aromatic ring is 1. The maximum Gasteiger partial charge on any atom is 0.266 e. The minimum Gasteiger partial charge on any atom is -0.397 e. The molecule has 1 aromatic carbocycles. The molecule has 0 saturated heterocycles. The van der Waals surface area contributed by atoms with Gasteiger partial charge < -0.3 is 10.6 Å². The lowest BCUT2D eigenvalue weighted by Crippen LogP contribution is -2.32. The van der Waals surface area contributed by atoms with Crippen LogP contribution in [0.3, 0.4) is 0 Å². The van der Waals surface area contributed by atoms with Crippen molar-refractivity contribution in [3.63, 3.8) is 0 Å². The van der Waals surface area contributed by atoms with E-state index in [1.165, 1.54) is 11.3 Å². The summed E-state index contributed by atoms with van der Waals surface area (Å²) in [7, 11) is 0. The molecule has 0 unspecified atom stereocenters. The van der Waals surface area contributed by atoms with Crippen LogP contribution in [0.15, 0.2) is 22.7 Å². The summed E-state index contributed by atoms with van der Waals surface area (Å²) in [5.41, 5.74) is 6.78. The van der Waals surface area contributed by atoms with Crippen LogP contribution in [-0.2, 0) is 0 Å². The zero-order valence-electron chi connectivity index (χ0n) is 10.6. The highest BCUT2D eigenvalue weighted by atomic mass is 79.9. The largest absolute Gasteiger partial charge is 0.397 e. The molecule has 1 aliphatic carbocycles. The summed E-state index contributed by atoms with van der Waals surface area (Å²) in [6.45, 7) is 2.77. The zero-order chi connectivity index (χ0) is 13.6. The van der Waals surface area contributed by atoms with Gasteiger partial charge in [0.2, 0.25) is 0 Å². The Morgan fingerprint density at radius 3 is 2.89 bits per heavy atom. The second-order valence-electron chi connectivity index (χ2n) is 4.81. The Balaban J connectivity index is 2.04. The van der Waals surface area contributed by atoms with Gasteiger partial charge in [-0.05, 0) is 38.0 Å². The van der Waals surface area contributed by atoms with Gasteiger partial charge in [0.05, 0.1) is 5.69 Å². The quantitative estimate of drug-likeness (QED) is 0.923. The van der Waals surface area contributed by atoms with Crippen molar-refractivity contribution in [2.75, 3.05) is 12.3 Å². The van der Waals surface area contributed by atoms with Gasteiger partial charge in [-0.15, -0.1) is 11.3 Å². The van der Waals surface area contributed by atoms with Gasteiger partial charge in [-0.2, -0.15) is 0 Å². The molecule has 3 rings (SSSR count). The Kier molecular flexibility index (Phi) is 3.27. The van der Waals surface area contributed by atoms with E-state index < -0.39 is 0 Å². The van der Waals surface area contributed by atoms with Gasteiger partial charge >= 0.3 is 0 Å². The lowest BCUT2D eigenvalue weighted by Gasteiger charge is -2.19. The summed E-state index contributed by atoms with van der Waals surface area (Å²) in [5.74, 6) is 0.0832. The average Bonchev–Trinajstić information content (AvgIpc) is 3.17. The molecule has 0 radical (unpaired) electrons. The number of fused-ring (bicyclic) bond motifs is 1. The summed E-state index contributed by atoms with van der Waals surface area (Å²) >= 11 is 4.93. The number of carbonyl (C=O) groups excluding carboxylic acids is 1. The Morgan fingerprint density at radius 1 is 1.53 bits per heavy atom. The second kappa shape index (κ2) is 4.80. The van der Waals surface area contributed by atoms with Crippen molar-refractivity contribution in [3.05, 3.63) is 27.5 Å². The third kappa shape index (κ3) is 2.25. The third-order valence-electron chi connectivity index (χ3n) is 3.47. The van der Waals surface area contributed by atoms with Gasteiger partial charge in [0, 0.05) is 27.1 Å². The van der Waals surface area contributed by atoms with Crippen LogP contribution in [0.25, 0.3) is 10.1 Å². The molecule has 19 heavy (non-hydrogen) atoms. The highest BCUT2D eigenvalue weighted by molar-refractivity contribution is 9.10. The molecule has 2 N–H and O–H groups in total. The highest BCUT2D eigenvalue weighted by Gasteiger charge is 2.33. The van der Waals surface area contributed by atoms with Crippen LogP contribution in [0.1, 0.15) is 29.4 Å². The minimum atomic E-state index is 0.0832. The van der Waals surface area contributed by atoms with E-state index in [1.807, 2.05) is 30.0 Å². The molecule has 1 aromatic heterocycles. The van der Waals surface area contributed by atoms with Crippen LogP contribution in [0.5, 0.6) is 0 Å². The zero-order valence-corrected chi connectivity index (χ0v) is 13.1. The number of benzene rings is 1. The van der Waals surface area contributed by atoms with E-state index in [1.54, 1.807) is 0 Å². The van der Waals surface area contributed by atoms with Crippen molar-refractivity contribution in [3.8, 4) is 0 Å². The number of carbonyl (C=O) groups is 1. The Hall–Kier alpha value is -1.07. The number of amides is 1. The summed E-state index contributed by atoms with van der Waals surface area (Å²) in [5, 5.41) is 0.967. The summed E-state index contributed by atoms with van der Waals surface area (Å²) < 4.78 is 2.05. The maximum absolute atomic E-state index is 12.6. The van der Waals surface area contributed by atoms with Crippen molar-refractivity contribution in [1.29, 1.82) is 0 Å². The number of nitrogens with two attached hydrogens (primary N) is 1. The molecular weight excluding hydrogens is 324 g/mol. The molecule has 2 aromatic rings. The van der Waals surface area contributed by atoms with Gasteiger partial charge in [0.15, 0.2) is 0 Å². The highest BCUT2D eigenvalue weighted by Crippen LogP contribution is 2.37. The molecule has 0 bridgehead atoms. The predicted octanol–water partition coefficient (Wildman–Crippen LogP) is 3.87. The summed E-state index contributed by atoms with van der Waals surface area (Å²) in [6, 6.07) is 6.38. The number of nitrogens with zero attached hydrogens (tertiary/aromatic N) is 1. The van der Waals surface area contributed by atoms with Gasteiger partial charge in [0.25, 0.3) is 5.91 Å². The summed E-state index contributed by atoms with van der Waals surface area (Å²) in [6.07, 6.45) is 2.24. The van der Waals surface area contributed by atoms with Crippen molar-refractivity contribution in [1.82, 2.24) is 4.90 Å². The maximum atomic E-state index is 12.6. The third-order valence-corrected chi connectivity index (χ3v) is 5.14. The first-order valence-corrected chi connectivity index (χ1v) is 8.01. The van der Waals surface area contributed by atoms with Gasteiger partial charge in [-0.3, -0.25) is 4.79 Å². The molecule has 5 heteroatoms. The SMILES string of the molecule is CCN(C(=O)c1sc2ccc(Br)cc2c1N)C1CC1. The van der Waals surface area contributed by atoms with Crippen molar-refractivity contribution in [2.24, 2.45) is 0 Å². The predicted molar refractivity (Wildman–Crippen MR) is 83.7 cm³/mol. The van der Waals surface area contributed by atoms with Crippen LogP contribution in [0.4, 0.5) is 5.69 Å². The van der Waals surface area contributed by atoms with Crippen LogP contribution in [0, 0.1) is 0 Å². The lowest BCUT2D eigenvalue weighted by molar-refractivity contribution is 0.0758. The molecule has 1 saturated carbocycles. The van der Waals surface area contributed by atoms with E-state index >= 15 is 0 Å². The number of hydrogen-bond donors (Lipinski definition) is 1. The van der Waals surface area contributed by atoms with Crippen LogP contribution >= 0.6 is 27.3 Å². The smallest absolute Gasteiger partial charge is 0.266 e. The molecule has 3 nitrogen and oxygen atoms in total. The molecule has 100 valence electrons. The normalized spacial score (nSPS) is 14.8. The first-order valence-electron chi connectivity index (χ1n) is 6.40.